The van der Waals surface area contributed by atoms with Crippen LogP contribution in [0.2, 0.25) is 0 Å². The van der Waals surface area contributed by atoms with Gasteiger partial charge in [0.25, 0.3) is 6.02 Å². The fourth-order valence-electron chi connectivity index (χ4n) is 4.90. The number of aliphatic imine (C=N–C) groups is 1. The number of nitrogens with zero attached hydrogens (tertiary/aromatic N) is 3. The lowest BCUT2D eigenvalue weighted by Crippen LogP contribution is -2.58. The van der Waals surface area contributed by atoms with Gasteiger partial charge in [-0.1, -0.05) is 6.07 Å². The Bertz CT molecular complexity index is 979. The molecule has 4 heterocycles. The molecule has 29 heavy (non-hydrogen) atoms. The fourth-order valence-corrected chi connectivity index (χ4v) is 4.90. The number of benzene rings is 1. The first-order valence-electron chi connectivity index (χ1n) is 10.1. The van der Waals surface area contributed by atoms with Crippen molar-refractivity contribution in [2.45, 2.75) is 38.0 Å². The highest BCUT2D eigenvalue weighted by atomic mass is 19.1. The van der Waals surface area contributed by atoms with Gasteiger partial charge in [-0.05, 0) is 50.1 Å². The topological polar surface area (TPSA) is 73.0 Å². The van der Waals surface area contributed by atoms with Crippen LogP contribution in [-0.4, -0.2) is 47.7 Å². The first kappa shape index (κ1) is 18.4. The van der Waals surface area contributed by atoms with Crippen LogP contribution in [-0.2, 0) is 10.3 Å². The van der Waals surface area contributed by atoms with Crippen LogP contribution in [0.25, 0.3) is 11.1 Å². The number of likely N-dealkylation sites (tertiary alicyclic amines) is 1. The van der Waals surface area contributed by atoms with E-state index in [2.05, 4.69) is 23.7 Å². The van der Waals surface area contributed by atoms with Gasteiger partial charge in [0.1, 0.15) is 24.0 Å². The zero-order valence-corrected chi connectivity index (χ0v) is 16.6. The third kappa shape index (κ3) is 2.87. The van der Waals surface area contributed by atoms with E-state index >= 15 is 0 Å². The maximum atomic E-state index is 14.3. The van der Waals surface area contributed by atoms with Gasteiger partial charge in [-0.3, -0.25) is 0 Å². The molecular formula is C22H25FN4O2. The summed E-state index contributed by atoms with van der Waals surface area (Å²) in [7, 11) is 0. The molecule has 152 valence electrons. The molecule has 2 N–H and O–H groups in total. The molecular weight excluding hydrogens is 371 g/mol. The maximum Gasteiger partial charge on any atom is 0.283 e. The molecule has 3 aliphatic heterocycles. The van der Waals surface area contributed by atoms with Crippen molar-refractivity contribution in [1.82, 2.24) is 9.88 Å². The summed E-state index contributed by atoms with van der Waals surface area (Å²) in [6.45, 7) is 6.63. The monoisotopic (exact) mass is 396 g/mol. The van der Waals surface area contributed by atoms with E-state index in [1.165, 1.54) is 6.20 Å². The van der Waals surface area contributed by atoms with Crippen LogP contribution in [0.5, 0.6) is 5.75 Å². The number of ether oxygens (including phenoxy) is 2. The minimum Gasteiger partial charge on any atom is -0.490 e. The van der Waals surface area contributed by atoms with E-state index in [-0.39, 0.29) is 18.0 Å². The molecule has 3 aliphatic rings. The summed E-state index contributed by atoms with van der Waals surface area (Å²) >= 11 is 0. The Kier molecular flexibility index (Phi) is 4.24. The number of halogens is 1. The molecule has 0 saturated carbocycles. The molecule has 1 saturated heterocycles. The number of amidine groups is 1. The zero-order chi connectivity index (χ0) is 20.2. The number of nitrogens with two attached hydrogens (primary N) is 1. The maximum absolute atomic E-state index is 14.3. The molecule has 2 aromatic rings. The smallest absolute Gasteiger partial charge is 0.283 e. The summed E-state index contributed by atoms with van der Waals surface area (Å²) in [4.78, 5) is 11.0. The summed E-state index contributed by atoms with van der Waals surface area (Å²) < 4.78 is 26.4. The van der Waals surface area contributed by atoms with Crippen LogP contribution in [0.15, 0.2) is 41.5 Å². The van der Waals surface area contributed by atoms with Gasteiger partial charge >= 0.3 is 0 Å². The lowest BCUT2D eigenvalue weighted by molar-refractivity contribution is -0.0313. The average Bonchev–Trinajstić information content (AvgIpc) is 3.10. The number of aromatic nitrogens is 1. The van der Waals surface area contributed by atoms with Crippen LogP contribution in [0.4, 0.5) is 4.39 Å². The Morgan fingerprint density at radius 3 is 2.90 bits per heavy atom. The van der Waals surface area contributed by atoms with Crippen molar-refractivity contribution >= 4 is 6.02 Å². The lowest BCUT2D eigenvalue weighted by Gasteiger charge is -2.49. The van der Waals surface area contributed by atoms with E-state index in [1.807, 2.05) is 18.2 Å². The molecule has 1 fully saturated rings. The quantitative estimate of drug-likeness (QED) is 0.791. The summed E-state index contributed by atoms with van der Waals surface area (Å²) in [6.07, 6.45) is 2.43. The van der Waals surface area contributed by atoms with E-state index in [4.69, 9.17) is 20.2 Å². The minimum absolute atomic E-state index is 0.0525. The number of pyridine rings is 1. The SMILES string of the molecule is CC(C)N1CCC2Oc3ccc(-c4cccnc4F)cc3[C@@]3(COC(N)=N3)[C@H]2C1. The van der Waals surface area contributed by atoms with Gasteiger partial charge in [0.15, 0.2) is 0 Å². The van der Waals surface area contributed by atoms with Gasteiger partial charge in [-0.15, -0.1) is 0 Å². The molecule has 1 spiro atoms. The van der Waals surface area contributed by atoms with E-state index in [9.17, 15) is 4.39 Å². The molecule has 0 amide bonds. The molecule has 6 nitrogen and oxygen atoms in total. The van der Waals surface area contributed by atoms with Gasteiger partial charge in [0, 0.05) is 42.4 Å². The van der Waals surface area contributed by atoms with Crippen LogP contribution in [0.3, 0.4) is 0 Å². The van der Waals surface area contributed by atoms with Crippen molar-refractivity contribution in [3.05, 3.63) is 48.0 Å². The molecule has 5 rings (SSSR count). The van der Waals surface area contributed by atoms with Crippen molar-refractivity contribution in [3.8, 4) is 16.9 Å². The highest BCUT2D eigenvalue weighted by molar-refractivity contribution is 5.75. The number of fused-ring (bicyclic) bond motifs is 4. The van der Waals surface area contributed by atoms with E-state index in [1.54, 1.807) is 12.1 Å². The molecule has 1 aromatic carbocycles. The summed E-state index contributed by atoms with van der Waals surface area (Å²) in [5, 5.41) is 0. The van der Waals surface area contributed by atoms with E-state index in [0.717, 1.165) is 36.4 Å². The number of hydrogen-bond donors (Lipinski definition) is 1. The molecule has 1 unspecified atom stereocenters. The molecule has 0 radical (unpaired) electrons. The second-order valence-electron chi connectivity index (χ2n) is 8.36. The fraction of sp³-hybridized carbons (Fsp3) is 0.455. The first-order valence-corrected chi connectivity index (χ1v) is 10.1. The summed E-state index contributed by atoms with van der Waals surface area (Å²) in [5.41, 5.74) is 7.48. The van der Waals surface area contributed by atoms with Gasteiger partial charge in [0.2, 0.25) is 5.95 Å². The second-order valence-corrected chi connectivity index (χ2v) is 8.36. The summed E-state index contributed by atoms with van der Waals surface area (Å²) in [5.74, 6) is 0.394. The lowest BCUT2D eigenvalue weighted by atomic mass is 9.71. The molecule has 0 bridgehead atoms. The predicted octanol–water partition coefficient (Wildman–Crippen LogP) is 2.92. The first-order chi connectivity index (χ1) is 14.0. The Morgan fingerprint density at radius 1 is 1.31 bits per heavy atom. The van der Waals surface area contributed by atoms with Gasteiger partial charge in [-0.2, -0.15) is 4.39 Å². The van der Waals surface area contributed by atoms with Gasteiger partial charge < -0.3 is 20.1 Å². The van der Waals surface area contributed by atoms with Crippen LogP contribution < -0.4 is 10.5 Å². The van der Waals surface area contributed by atoms with Crippen LogP contribution in [0, 0.1) is 11.9 Å². The molecule has 1 aromatic heterocycles. The normalized spacial score (nSPS) is 28.5. The highest BCUT2D eigenvalue weighted by Gasteiger charge is 2.55. The molecule has 0 aliphatic carbocycles. The minimum atomic E-state index is -0.620. The van der Waals surface area contributed by atoms with E-state index < -0.39 is 11.5 Å². The largest absolute Gasteiger partial charge is 0.490 e. The third-order valence-electron chi connectivity index (χ3n) is 6.47. The Morgan fingerprint density at radius 2 is 2.17 bits per heavy atom. The number of piperidine rings is 1. The molecule has 7 heteroatoms. The highest BCUT2D eigenvalue weighted by Crippen LogP contribution is 2.51. The summed E-state index contributed by atoms with van der Waals surface area (Å²) in [6, 6.07) is 9.85. The number of rotatable bonds is 2. The Labute approximate surface area is 169 Å². The second kappa shape index (κ2) is 6.69. The number of hydrogen-bond acceptors (Lipinski definition) is 6. The molecule has 3 atom stereocenters. The third-order valence-corrected chi connectivity index (χ3v) is 6.47. The van der Waals surface area contributed by atoms with E-state index in [0.29, 0.717) is 18.2 Å². The van der Waals surface area contributed by atoms with Crippen molar-refractivity contribution < 1.29 is 13.9 Å². The van der Waals surface area contributed by atoms with Crippen LogP contribution in [0.1, 0.15) is 25.8 Å². The average molecular weight is 396 g/mol. The van der Waals surface area contributed by atoms with Crippen molar-refractivity contribution in [2.24, 2.45) is 16.6 Å². The van der Waals surface area contributed by atoms with Crippen LogP contribution >= 0.6 is 0 Å². The Hall–Kier alpha value is -2.67. The van der Waals surface area contributed by atoms with Crippen molar-refractivity contribution in [1.29, 1.82) is 0 Å². The zero-order valence-electron chi connectivity index (χ0n) is 16.6. The van der Waals surface area contributed by atoms with Gasteiger partial charge in [0.05, 0.1) is 0 Å². The van der Waals surface area contributed by atoms with Gasteiger partial charge in [-0.25, -0.2) is 9.98 Å². The van der Waals surface area contributed by atoms with Crippen molar-refractivity contribution in [3.63, 3.8) is 0 Å². The predicted molar refractivity (Wildman–Crippen MR) is 108 cm³/mol. The van der Waals surface area contributed by atoms with Crippen molar-refractivity contribution in [2.75, 3.05) is 19.7 Å². The Balaban J connectivity index is 1.64. The standard InChI is InChI=1S/C22H25FN4O2/c1-13(2)27-9-7-19-17(11-27)22(12-28-21(24)26-22)16-10-14(5-6-18(16)29-19)15-4-3-8-25-20(15)23/h3-6,8,10,13,17,19H,7,9,11-12H2,1-2H3,(H2,24,26)/t17-,19?,22-/m0/s1.